The Balaban J connectivity index is 1.78. The molecule has 3 aromatic rings. The highest BCUT2D eigenvalue weighted by Crippen LogP contribution is 2.41. The molecule has 1 aromatic heterocycles. The summed E-state index contributed by atoms with van der Waals surface area (Å²) in [6.45, 7) is 5.23. The maximum absolute atomic E-state index is 13.3. The summed E-state index contributed by atoms with van der Waals surface area (Å²) in [5.74, 6) is -0.331. The highest BCUT2D eigenvalue weighted by Gasteiger charge is 2.46. The van der Waals surface area contributed by atoms with Gasteiger partial charge in [0.15, 0.2) is 0 Å². The van der Waals surface area contributed by atoms with Crippen molar-refractivity contribution in [3.05, 3.63) is 95.3 Å². The first kappa shape index (κ1) is 25.0. The van der Waals surface area contributed by atoms with Gasteiger partial charge in [-0.15, -0.1) is 0 Å². The normalized spacial score (nSPS) is 16.8. The van der Waals surface area contributed by atoms with Crippen LogP contribution < -0.4 is 9.47 Å². The topological polar surface area (TPSA) is 89.0 Å². The molecule has 1 aliphatic heterocycles. The fourth-order valence-electron chi connectivity index (χ4n) is 4.22. The number of aliphatic hydroxyl groups is 1. The number of amides is 1. The van der Waals surface area contributed by atoms with Crippen molar-refractivity contribution < 1.29 is 24.2 Å². The Morgan fingerprint density at radius 2 is 1.81 bits per heavy atom. The number of Topliss-reactive ketones (excluding diaryl/α,β-unsaturated/α-hetero) is 1. The molecule has 1 N–H and O–H groups in total. The van der Waals surface area contributed by atoms with E-state index in [1.807, 2.05) is 37.3 Å². The van der Waals surface area contributed by atoms with Gasteiger partial charge in [-0.25, -0.2) is 0 Å². The summed E-state index contributed by atoms with van der Waals surface area (Å²) in [4.78, 5) is 32.1. The second-order valence-corrected chi connectivity index (χ2v) is 8.52. The summed E-state index contributed by atoms with van der Waals surface area (Å²) in [6, 6.07) is 17.0. The molecule has 36 heavy (non-hydrogen) atoms. The van der Waals surface area contributed by atoms with E-state index in [0.29, 0.717) is 35.8 Å². The molecule has 0 spiro atoms. The molecule has 1 saturated heterocycles. The molecular formula is C29H30N2O5. The van der Waals surface area contributed by atoms with Crippen LogP contribution in [-0.4, -0.2) is 39.9 Å². The van der Waals surface area contributed by atoms with Crippen molar-refractivity contribution in [3.8, 4) is 11.5 Å². The van der Waals surface area contributed by atoms with Gasteiger partial charge >= 0.3 is 0 Å². The van der Waals surface area contributed by atoms with E-state index >= 15 is 0 Å². The number of hydrogen-bond donors (Lipinski definition) is 1. The molecule has 7 heteroatoms. The van der Waals surface area contributed by atoms with Crippen molar-refractivity contribution in [1.82, 2.24) is 9.88 Å². The molecule has 1 atom stereocenters. The molecule has 1 fully saturated rings. The van der Waals surface area contributed by atoms with Crippen LogP contribution in [0.1, 0.15) is 49.4 Å². The molecule has 2 heterocycles. The standard InChI is InChI=1S/C29H30N2O5/c1-3-5-16-36-24-10-6-9-22(17-24)26-25(27(32)21-11-13-23(14-12-21)35-4-2)28(33)29(34)31(26)19-20-8-7-15-30-18-20/h6-15,17-18,26,32H,3-5,16,19H2,1-2H3/b27-25+. The predicted octanol–water partition coefficient (Wildman–Crippen LogP) is 5.28. The smallest absolute Gasteiger partial charge is 0.295 e. The monoisotopic (exact) mass is 486 g/mol. The van der Waals surface area contributed by atoms with Crippen LogP contribution in [0.2, 0.25) is 0 Å². The van der Waals surface area contributed by atoms with Gasteiger partial charge in [-0.2, -0.15) is 0 Å². The van der Waals surface area contributed by atoms with Crippen LogP contribution in [0.3, 0.4) is 0 Å². The number of unbranched alkanes of at least 4 members (excludes halogenated alkanes) is 1. The Kier molecular flexibility index (Phi) is 8.00. The molecule has 186 valence electrons. The first-order chi connectivity index (χ1) is 17.5. The summed E-state index contributed by atoms with van der Waals surface area (Å²) in [5, 5.41) is 11.3. The van der Waals surface area contributed by atoms with Crippen molar-refractivity contribution >= 4 is 17.4 Å². The van der Waals surface area contributed by atoms with Gasteiger partial charge in [-0.05, 0) is 66.9 Å². The van der Waals surface area contributed by atoms with Crippen LogP contribution in [0.4, 0.5) is 0 Å². The number of carbonyl (C=O) groups excluding carboxylic acids is 2. The van der Waals surface area contributed by atoms with E-state index < -0.39 is 17.7 Å². The third-order valence-corrected chi connectivity index (χ3v) is 5.99. The first-order valence-electron chi connectivity index (χ1n) is 12.2. The van der Waals surface area contributed by atoms with Gasteiger partial charge in [0.05, 0.1) is 24.8 Å². The van der Waals surface area contributed by atoms with Gasteiger partial charge in [0.25, 0.3) is 11.7 Å². The summed E-state index contributed by atoms with van der Waals surface area (Å²) < 4.78 is 11.4. The fourth-order valence-corrected chi connectivity index (χ4v) is 4.22. The van der Waals surface area contributed by atoms with Crippen molar-refractivity contribution in [3.63, 3.8) is 0 Å². The Morgan fingerprint density at radius 1 is 1.00 bits per heavy atom. The van der Waals surface area contributed by atoms with Gasteiger partial charge in [-0.3, -0.25) is 14.6 Å². The molecule has 1 aliphatic rings. The Bertz CT molecular complexity index is 1240. The third-order valence-electron chi connectivity index (χ3n) is 5.99. The molecule has 0 radical (unpaired) electrons. The van der Waals surface area contributed by atoms with Gasteiger partial charge in [-0.1, -0.05) is 31.5 Å². The minimum atomic E-state index is -0.786. The van der Waals surface area contributed by atoms with E-state index in [1.165, 1.54) is 4.90 Å². The molecule has 0 bridgehead atoms. The van der Waals surface area contributed by atoms with Crippen LogP contribution in [0, 0.1) is 0 Å². The van der Waals surface area contributed by atoms with Crippen LogP contribution in [0.15, 0.2) is 78.6 Å². The lowest BCUT2D eigenvalue weighted by molar-refractivity contribution is -0.140. The number of aliphatic hydroxyl groups excluding tert-OH is 1. The van der Waals surface area contributed by atoms with Crippen LogP contribution >= 0.6 is 0 Å². The zero-order valence-corrected chi connectivity index (χ0v) is 20.5. The molecule has 0 aliphatic carbocycles. The zero-order valence-electron chi connectivity index (χ0n) is 20.5. The summed E-state index contributed by atoms with van der Waals surface area (Å²) >= 11 is 0. The average molecular weight is 487 g/mol. The minimum Gasteiger partial charge on any atom is -0.507 e. The predicted molar refractivity (Wildman–Crippen MR) is 137 cm³/mol. The second-order valence-electron chi connectivity index (χ2n) is 8.52. The Labute approximate surface area is 211 Å². The average Bonchev–Trinajstić information content (AvgIpc) is 3.15. The summed E-state index contributed by atoms with van der Waals surface area (Å²) in [5.41, 5.74) is 1.93. The number of rotatable bonds is 10. The number of hydrogen-bond acceptors (Lipinski definition) is 6. The quantitative estimate of drug-likeness (QED) is 0.182. The van der Waals surface area contributed by atoms with E-state index in [2.05, 4.69) is 11.9 Å². The third kappa shape index (κ3) is 5.40. The lowest BCUT2D eigenvalue weighted by atomic mass is 9.95. The number of benzene rings is 2. The van der Waals surface area contributed by atoms with Gasteiger partial charge < -0.3 is 19.5 Å². The molecule has 1 amide bonds. The largest absolute Gasteiger partial charge is 0.507 e. The molecule has 2 aromatic carbocycles. The number of carbonyl (C=O) groups is 2. The number of nitrogens with zero attached hydrogens (tertiary/aromatic N) is 2. The molecule has 0 saturated carbocycles. The molecule has 1 unspecified atom stereocenters. The lowest BCUT2D eigenvalue weighted by Crippen LogP contribution is -2.29. The zero-order chi connectivity index (χ0) is 25.5. The molecule has 7 nitrogen and oxygen atoms in total. The summed E-state index contributed by atoms with van der Waals surface area (Å²) in [7, 11) is 0. The summed E-state index contributed by atoms with van der Waals surface area (Å²) in [6.07, 6.45) is 5.24. The number of ether oxygens (including phenoxy) is 2. The van der Waals surface area contributed by atoms with Crippen LogP contribution in [-0.2, 0) is 16.1 Å². The van der Waals surface area contributed by atoms with Crippen molar-refractivity contribution in [2.45, 2.75) is 39.3 Å². The second kappa shape index (κ2) is 11.5. The van der Waals surface area contributed by atoms with Gasteiger partial charge in [0.1, 0.15) is 17.3 Å². The van der Waals surface area contributed by atoms with Crippen molar-refractivity contribution in [1.29, 1.82) is 0 Å². The van der Waals surface area contributed by atoms with E-state index in [9.17, 15) is 14.7 Å². The molecule has 4 rings (SSSR count). The Hall–Kier alpha value is -4.13. The Morgan fingerprint density at radius 3 is 2.50 bits per heavy atom. The number of pyridine rings is 1. The SMILES string of the molecule is CCCCOc1cccc(C2/C(=C(\O)c3ccc(OCC)cc3)C(=O)C(=O)N2Cc2cccnc2)c1. The van der Waals surface area contributed by atoms with Crippen LogP contribution in [0.5, 0.6) is 11.5 Å². The number of aromatic nitrogens is 1. The maximum Gasteiger partial charge on any atom is 0.295 e. The highest BCUT2D eigenvalue weighted by atomic mass is 16.5. The van der Waals surface area contributed by atoms with Crippen molar-refractivity contribution in [2.75, 3.05) is 13.2 Å². The van der Waals surface area contributed by atoms with E-state index in [0.717, 1.165) is 18.4 Å². The van der Waals surface area contributed by atoms with Crippen molar-refractivity contribution in [2.24, 2.45) is 0 Å². The van der Waals surface area contributed by atoms with Crippen LogP contribution in [0.25, 0.3) is 5.76 Å². The van der Waals surface area contributed by atoms with E-state index in [1.54, 1.807) is 42.7 Å². The van der Waals surface area contributed by atoms with Gasteiger partial charge in [0, 0.05) is 24.5 Å². The highest BCUT2D eigenvalue weighted by molar-refractivity contribution is 6.46. The lowest BCUT2D eigenvalue weighted by Gasteiger charge is -2.25. The van der Waals surface area contributed by atoms with E-state index in [-0.39, 0.29) is 17.9 Å². The molecular weight excluding hydrogens is 456 g/mol. The van der Waals surface area contributed by atoms with Gasteiger partial charge in [0.2, 0.25) is 0 Å². The maximum atomic E-state index is 13.3. The van der Waals surface area contributed by atoms with E-state index in [4.69, 9.17) is 9.47 Å². The first-order valence-corrected chi connectivity index (χ1v) is 12.2. The number of ketones is 1. The minimum absolute atomic E-state index is 0.0405. The fraction of sp³-hybridized carbons (Fsp3) is 0.276. The number of likely N-dealkylation sites (tertiary alicyclic amines) is 1.